The van der Waals surface area contributed by atoms with Crippen LogP contribution in [0.3, 0.4) is 0 Å². The Hall–Kier alpha value is -0.120. The minimum Gasteiger partial charge on any atom is -0.394 e. The summed E-state index contributed by atoms with van der Waals surface area (Å²) in [5.41, 5.74) is -0.130. The van der Waals surface area contributed by atoms with Gasteiger partial charge in [-0.3, -0.25) is 0 Å². The fourth-order valence-corrected chi connectivity index (χ4v) is 3.60. The highest BCUT2D eigenvalue weighted by Crippen LogP contribution is 2.27. The lowest BCUT2D eigenvalue weighted by Gasteiger charge is -2.36. The van der Waals surface area contributed by atoms with Crippen molar-refractivity contribution in [3.05, 3.63) is 0 Å². The van der Waals surface area contributed by atoms with E-state index in [2.05, 4.69) is 45.0 Å². The van der Waals surface area contributed by atoms with Crippen LogP contribution < -0.4 is 5.32 Å². The van der Waals surface area contributed by atoms with E-state index in [1.165, 1.54) is 25.7 Å². The standard InChI is InChI=1S/C17H36N2O/c1-14(2)18-17(4,13-20)10-7-11-19(5)16-9-6-8-15(3)12-16/h14-16,18,20H,6-13H2,1-5H3. The smallest absolute Gasteiger partial charge is 0.0610 e. The molecule has 0 aromatic rings. The molecule has 0 aromatic heterocycles. The van der Waals surface area contributed by atoms with Crippen molar-refractivity contribution in [1.29, 1.82) is 0 Å². The first-order valence-corrected chi connectivity index (χ1v) is 8.45. The molecule has 3 heteroatoms. The summed E-state index contributed by atoms with van der Waals surface area (Å²) in [6.07, 6.45) is 7.71. The maximum absolute atomic E-state index is 9.61. The molecule has 0 spiro atoms. The van der Waals surface area contributed by atoms with E-state index in [-0.39, 0.29) is 12.1 Å². The molecule has 120 valence electrons. The number of rotatable bonds is 8. The summed E-state index contributed by atoms with van der Waals surface area (Å²) in [5, 5.41) is 13.1. The molecular formula is C17H36N2O. The molecule has 2 N–H and O–H groups in total. The van der Waals surface area contributed by atoms with Crippen molar-refractivity contribution < 1.29 is 5.11 Å². The Labute approximate surface area is 126 Å². The predicted octanol–water partition coefficient (Wildman–Crippen LogP) is 3.03. The SMILES string of the molecule is CC1CCCC(N(C)CCCC(C)(CO)NC(C)C)C1. The molecule has 0 amide bonds. The molecule has 3 nitrogen and oxygen atoms in total. The highest BCUT2D eigenvalue weighted by atomic mass is 16.3. The zero-order valence-corrected chi connectivity index (χ0v) is 14.3. The van der Waals surface area contributed by atoms with E-state index < -0.39 is 0 Å². The van der Waals surface area contributed by atoms with Gasteiger partial charge in [0.15, 0.2) is 0 Å². The topological polar surface area (TPSA) is 35.5 Å². The Bertz CT molecular complexity index is 270. The van der Waals surface area contributed by atoms with Crippen molar-refractivity contribution in [3.63, 3.8) is 0 Å². The monoisotopic (exact) mass is 284 g/mol. The maximum Gasteiger partial charge on any atom is 0.0610 e. The molecule has 0 heterocycles. The largest absolute Gasteiger partial charge is 0.394 e. The number of nitrogens with zero attached hydrogens (tertiary/aromatic N) is 1. The maximum atomic E-state index is 9.61. The lowest BCUT2D eigenvalue weighted by Crippen LogP contribution is -2.49. The summed E-state index contributed by atoms with van der Waals surface area (Å²) >= 11 is 0. The third-order valence-electron chi connectivity index (χ3n) is 4.76. The summed E-state index contributed by atoms with van der Waals surface area (Å²) in [5.74, 6) is 0.890. The van der Waals surface area contributed by atoms with Gasteiger partial charge in [0.1, 0.15) is 0 Å². The zero-order valence-electron chi connectivity index (χ0n) is 14.3. The zero-order chi connectivity index (χ0) is 15.2. The molecule has 0 bridgehead atoms. The van der Waals surface area contributed by atoms with E-state index in [1.54, 1.807) is 0 Å². The first-order chi connectivity index (χ1) is 9.36. The van der Waals surface area contributed by atoms with Crippen LogP contribution in [-0.2, 0) is 0 Å². The Morgan fingerprint density at radius 2 is 2.05 bits per heavy atom. The van der Waals surface area contributed by atoms with E-state index >= 15 is 0 Å². The molecule has 3 unspecified atom stereocenters. The van der Waals surface area contributed by atoms with E-state index in [1.807, 2.05) is 0 Å². The summed E-state index contributed by atoms with van der Waals surface area (Å²) in [7, 11) is 2.27. The van der Waals surface area contributed by atoms with Gasteiger partial charge >= 0.3 is 0 Å². The summed E-state index contributed by atoms with van der Waals surface area (Å²) < 4.78 is 0. The Balaban J connectivity index is 2.31. The molecule has 0 aliphatic heterocycles. The number of hydrogen-bond donors (Lipinski definition) is 2. The molecule has 1 aliphatic rings. The van der Waals surface area contributed by atoms with Gasteiger partial charge in [-0.1, -0.05) is 33.6 Å². The Kier molecular flexibility index (Phi) is 7.49. The highest BCUT2D eigenvalue weighted by Gasteiger charge is 2.25. The van der Waals surface area contributed by atoms with Crippen LogP contribution in [0.25, 0.3) is 0 Å². The molecule has 1 rings (SSSR count). The number of nitrogens with one attached hydrogen (secondary N) is 1. The molecule has 20 heavy (non-hydrogen) atoms. The van der Waals surface area contributed by atoms with Gasteiger partial charge in [-0.15, -0.1) is 0 Å². The Morgan fingerprint density at radius 1 is 1.35 bits per heavy atom. The Morgan fingerprint density at radius 3 is 2.60 bits per heavy atom. The molecular weight excluding hydrogens is 248 g/mol. The lowest BCUT2D eigenvalue weighted by molar-refractivity contribution is 0.133. The molecule has 1 saturated carbocycles. The average Bonchev–Trinajstić information content (AvgIpc) is 2.37. The molecule has 0 saturated heterocycles. The van der Waals surface area contributed by atoms with Crippen LogP contribution in [0.15, 0.2) is 0 Å². The van der Waals surface area contributed by atoms with Gasteiger partial charge in [0.25, 0.3) is 0 Å². The number of hydrogen-bond acceptors (Lipinski definition) is 3. The van der Waals surface area contributed by atoms with E-state index in [4.69, 9.17) is 0 Å². The highest BCUT2D eigenvalue weighted by molar-refractivity contribution is 4.84. The van der Waals surface area contributed by atoms with Crippen LogP contribution in [-0.4, -0.2) is 47.8 Å². The normalized spacial score (nSPS) is 27.0. The van der Waals surface area contributed by atoms with Crippen molar-refractivity contribution >= 4 is 0 Å². The quantitative estimate of drug-likeness (QED) is 0.719. The van der Waals surface area contributed by atoms with Gasteiger partial charge < -0.3 is 15.3 Å². The van der Waals surface area contributed by atoms with Crippen molar-refractivity contribution in [2.24, 2.45) is 5.92 Å². The van der Waals surface area contributed by atoms with Crippen molar-refractivity contribution in [1.82, 2.24) is 10.2 Å². The molecule has 0 aromatic carbocycles. The van der Waals surface area contributed by atoms with Gasteiger partial charge in [0.05, 0.1) is 6.61 Å². The molecule has 0 radical (unpaired) electrons. The van der Waals surface area contributed by atoms with Crippen LogP contribution in [0.2, 0.25) is 0 Å². The summed E-state index contributed by atoms with van der Waals surface area (Å²) in [4.78, 5) is 2.54. The van der Waals surface area contributed by atoms with Gasteiger partial charge in [0.2, 0.25) is 0 Å². The van der Waals surface area contributed by atoms with Gasteiger partial charge in [-0.25, -0.2) is 0 Å². The average molecular weight is 284 g/mol. The fourth-order valence-electron chi connectivity index (χ4n) is 3.60. The van der Waals surface area contributed by atoms with E-state index in [9.17, 15) is 5.11 Å². The van der Waals surface area contributed by atoms with Crippen LogP contribution >= 0.6 is 0 Å². The van der Waals surface area contributed by atoms with E-state index in [0.717, 1.165) is 31.3 Å². The summed E-state index contributed by atoms with van der Waals surface area (Å²) in [6.45, 7) is 10.2. The minimum absolute atomic E-state index is 0.130. The van der Waals surface area contributed by atoms with Crippen molar-refractivity contribution in [3.8, 4) is 0 Å². The van der Waals surface area contributed by atoms with Crippen LogP contribution in [0.5, 0.6) is 0 Å². The second kappa shape index (κ2) is 8.35. The molecule has 1 fully saturated rings. The predicted molar refractivity (Wildman–Crippen MR) is 87.0 cm³/mol. The van der Waals surface area contributed by atoms with Gasteiger partial charge in [-0.05, 0) is 52.1 Å². The van der Waals surface area contributed by atoms with Gasteiger partial charge in [-0.2, -0.15) is 0 Å². The third-order valence-corrected chi connectivity index (χ3v) is 4.76. The minimum atomic E-state index is -0.130. The molecule has 3 atom stereocenters. The first kappa shape index (κ1) is 17.9. The second-order valence-electron chi connectivity index (χ2n) is 7.53. The van der Waals surface area contributed by atoms with Crippen molar-refractivity contribution in [2.45, 2.75) is 83.8 Å². The van der Waals surface area contributed by atoms with Crippen LogP contribution in [0.4, 0.5) is 0 Å². The number of aliphatic hydroxyl groups is 1. The third kappa shape index (κ3) is 6.11. The first-order valence-electron chi connectivity index (χ1n) is 8.45. The lowest BCUT2D eigenvalue weighted by atomic mass is 9.86. The van der Waals surface area contributed by atoms with E-state index in [0.29, 0.717) is 6.04 Å². The number of aliphatic hydroxyl groups excluding tert-OH is 1. The van der Waals surface area contributed by atoms with Crippen LogP contribution in [0.1, 0.15) is 66.2 Å². The van der Waals surface area contributed by atoms with Crippen LogP contribution in [0, 0.1) is 5.92 Å². The van der Waals surface area contributed by atoms with Gasteiger partial charge in [0, 0.05) is 17.6 Å². The fraction of sp³-hybridized carbons (Fsp3) is 1.00. The summed E-state index contributed by atoms with van der Waals surface area (Å²) in [6, 6.07) is 1.20. The second-order valence-corrected chi connectivity index (χ2v) is 7.53. The van der Waals surface area contributed by atoms with Crippen molar-refractivity contribution in [2.75, 3.05) is 20.2 Å². The molecule has 1 aliphatic carbocycles.